The van der Waals surface area contributed by atoms with Crippen LogP contribution in [0.5, 0.6) is 0 Å². The van der Waals surface area contributed by atoms with Crippen molar-refractivity contribution in [3.63, 3.8) is 0 Å². The maximum Gasteiger partial charge on any atom is 0.273 e. The van der Waals surface area contributed by atoms with Crippen LogP contribution >= 0.6 is 11.6 Å². The number of carbonyl (C=O) groups is 3. The molecule has 8 nitrogen and oxygen atoms in total. The molecule has 3 amide bonds. The summed E-state index contributed by atoms with van der Waals surface area (Å²) in [4.78, 5) is 50.4. The van der Waals surface area contributed by atoms with Gasteiger partial charge in [0.05, 0.1) is 23.3 Å². The molecule has 1 saturated heterocycles. The van der Waals surface area contributed by atoms with Gasteiger partial charge in [-0.25, -0.2) is 5.01 Å². The van der Waals surface area contributed by atoms with Gasteiger partial charge in [-0.1, -0.05) is 48.9 Å². The third kappa shape index (κ3) is 3.78. The Morgan fingerprint density at radius 2 is 1.84 bits per heavy atom. The molecule has 9 heteroatoms. The lowest BCUT2D eigenvalue weighted by Gasteiger charge is -2.31. The van der Waals surface area contributed by atoms with Crippen molar-refractivity contribution < 1.29 is 19.3 Å². The lowest BCUT2D eigenvalue weighted by atomic mass is 9.78. The predicted octanol–water partition coefficient (Wildman–Crippen LogP) is 4.00. The van der Waals surface area contributed by atoms with E-state index in [1.54, 1.807) is 24.3 Å². The predicted molar refractivity (Wildman–Crippen MR) is 116 cm³/mol. The van der Waals surface area contributed by atoms with Crippen LogP contribution < -0.4 is 0 Å². The molecule has 2 aliphatic rings. The molecule has 0 radical (unpaired) electrons. The van der Waals surface area contributed by atoms with Crippen molar-refractivity contribution in [2.45, 2.75) is 19.9 Å². The molecule has 0 spiro atoms. The molecule has 0 unspecified atom stereocenters. The number of hydrogen-bond acceptors (Lipinski definition) is 5. The molecular formula is C23H20ClN3O5. The van der Waals surface area contributed by atoms with Gasteiger partial charge in [0.2, 0.25) is 0 Å². The van der Waals surface area contributed by atoms with Gasteiger partial charge in [-0.2, -0.15) is 5.01 Å². The Morgan fingerprint density at radius 1 is 1.16 bits per heavy atom. The van der Waals surface area contributed by atoms with Crippen molar-refractivity contribution in [1.82, 2.24) is 10.0 Å². The normalized spacial score (nSPS) is 22.1. The summed E-state index contributed by atoms with van der Waals surface area (Å²) in [6.45, 7) is 1.77. The molecule has 1 heterocycles. The van der Waals surface area contributed by atoms with E-state index in [1.165, 1.54) is 24.3 Å². The number of halogens is 1. The van der Waals surface area contributed by atoms with Gasteiger partial charge >= 0.3 is 0 Å². The summed E-state index contributed by atoms with van der Waals surface area (Å²) in [5.41, 5.74) is 0.508. The van der Waals surface area contributed by atoms with Gasteiger partial charge in [0.25, 0.3) is 23.4 Å². The van der Waals surface area contributed by atoms with Crippen molar-refractivity contribution in [2.24, 2.45) is 17.8 Å². The van der Waals surface area contributed by atoms with Crippen molar-refractivity contribution in [3.8, 4) is 0 Å². The van der Waals surface area contributed by atoms with Crippen LogP contribution in [0.1, 0.15) is 29.3 Å². The second kappa shape index (κ2) is 8.55. The maximum atomic E-state index is 13.5. The zero-order valence-electron chi connectivity index (χ0n) is 17.2. The standard InChI is InChI=1S/C23H20ClN3O5/c1-14-5-4-7-18-20(14)23(30)26(22(18)29)25(13-16-6-2-3-8-19(16)24)21(28)15-9-11-17(12-10-15)27(31)32/h2-6,8-12,14,18,20H,7,13H2,1H3/t14-,18+,20-/m1/s1. The molecule has 164 valence electrons. The van der Waals surface area contributed by atoms with Gasteiger partial charge in [-0.05, 0) is 36.1 Å². The number of hydrogen-bond donors (Lipinski definition) is 0. The zero-order chi connectivity index (χ0) is 23.0. The highest BCUT2D eigenvalue weighted by Gasteiger charge is 2.53. The highest BCUT2D eigenvalue weighted by atomic mass is 35.5. The van der Waals surface area contributed by atoms with Crippen LogP contribution in [0.4, 0.5) is 5.69 Å². The van der Waals surface area contributed by atoms with Gasteiger partial charge in [0.15, 0.2) is 0 Å². The fourth-order valence-corrected chi connectivity index (χ4v) is 4.46. The van der Waals surface area contributed by atoms with Crippen LogP contribution in [0.2, 0.25) is 5.02 Å². The number of benzene rings is 2. The molecule has 0 N–H and O–H groups in total. The van der Waals surface area contributed by atoms with Gasteiger partial charge in [-0.15, -0.1) is 0 Å². The summed E-state index contributed by atoms with van der Waals surface area (Å²) >= 11 is 6.29. The number of nitrogens with zero attached hydrogens (tertiary/aromatic N) is 3. The average Bonchev–Trinajstić information content (AvgIpc) is 3.04. The topological polar surface area (TPSA) is 101 Å². The summed E-state index contributed by atoms with van der Waals surface area (Å²) in [5.74, 6) is -2.68. The zero-order valence-corrected chi connectivity index (χ0v) is 17.9. The minimum absolute atomic E-state index is 0.103. The Balaban J connectivity index is 1.73. The molecule has 1 fully saturated rings. The monoisotopic (exact) mass is 453 g/mol. The SMILES string of the molecule is C[C@@H]1C=CC[C@@H]2C(=O)N(N(Cc3ccccc3Cl)C(=O)c3ccc([N+](=O)[O-])cc3)C(=O)[C@H]12. The number of hydrazine groups is 1. The van der Waals surface area contributed by atoms with E-state index < -0.39 is 34.5 Å². The van der Waals surface area contributed by atoms with Crippen LogP contribution in [0.15, 0.2) is 60.7 Å². The lowest BCUT2D eigenvalue weighted by Crippen LogP contribution is -2.50. The third-order valence-electron chi connectivity index (χ3n) is 5.93. The molecule has 32 heavy (non-hydrogen) atoms. The number of allylic oxidation sites excluding steroid dienone is 2. The minimum Gasteiger partial charge on any atom is -0.272 e. The molecule has 4 rings (SSSR count). The smallest absolute Gasteiger partial charge is 0.272 e. The third-order valence-corrected chi connectivity index (χ3v) is 6.30. The van der Waals surface area contributed by atoms with E-state index in [4.69, 9.17) is 11.6 Å². The second-order valence-electron chi connectivity index (χ2n) is 7.90. The van der Waals surface area contributed by atoms with Crippen LogP contribution in [-0.4, -0.2) is 32.7 Å². The van der Waals surface area contributed by atoms with Crippen molar-refractivity contribution in [3.05, 3.63) is 86.9 Å². The van der Waals surface area contributed by atoms with E-state index in [1.807, 2.05) is 19.1 Å². The molecule has 2 aromatic carbocycles. The van der Waals surface area contributed by atoms with Crippen LogP contribution in [-0.2, 0) is 16.1 Å². The van der Waals surface area contributed by atoms with Gasteiger partial charge < -0.3 is 0 Å². The first-order valence-electron chi connectivity index (χ1n) is 10.1. The first-order chi connectivity index (χ1) is 15.3. The average molecular weight is 454 g/mol. The minimum atomic E-state index is -0.624. The number of nitro benzene ring substituents is 1. The van der Waals surface area contributed by atoms with Crippen LogP contribution in [0.3, 0.4) is 0 Å². The second-order valence-corrected chi connectivity index (χ2v) is 8.31. The van der Waals surface area contributed by atoms with Gasteiger partial charge in [0, 0.05) is 22.7 Å². The van der Waals surface area contributed by atoms with Crippen molar-refractivity contribution >= 4 is 35.0 Å². The molecule has 0 saturated carbocycles. The van der Waals surface area contributed by atoms with Crippen LogP contribution in [0, 0.1) is 27.9 Å². The Kier molecular flexibility index (Phi) is 5.80. The van der Waals surface area contributed by atoms with E-state index in [0.717, 1.165) is 10.0 Å². The summed E-state index contributed by atoms with van der Waals surface area (Å²) < 4.78 is 0. The number of imide groups is 1. The highest BCUT2D eigenvalue weighted by Crippen LogP contribution is 2.39. The molecular weight excluding hydrogens is 434 g/mol. The van der Waals surface area contributed by atoms with E-state index in [0.29, 0.717) is 17.0 Å². The van der Waals surface area contributed by atoms with Crippen molar-refractivity contribution in [2.75, 3.05) is 0 Å². The summed E-state index contributed by atoms with van der Waals surface area (Å²) in [6.07, 6.45) is 4.23. The Bertz CT molecular complexity index is 1130. The Hall–Kier alpha value is -3.52. The summed E-state index contributed by atoms with van der Waals surface area (Å²) in [7, 11) is 0. The fourth-order valence-electron chi connectivity index (χ4n) is 4.26. The molecule has 1 aliphatic carbocycles. The van der Waals surface area contributed by atoms with Gasteiger partial charge in [0.1, 0.15) is 0 Å². The molecule has 0 aromatic heterocycles. The molecule has 3 atom stereocenters. The maximum absolute atomic E-state index is 13.5. The van der Waals surface area contributed by atoms with E-state index in [-0.39, 0.29) is 23.7 Å². The molecule has 0 bridgehead atoms. The number of nitro groups is 1. The highest BCUT2D eigenvalue weighted by molar-refractivity contribution is 6.31. The summed E-state index contributed by atoms with van der Waals surface area (Å²) in [5, 5.41) is 13.4. The number of rotatable bonds is 5. The fraction of sp³-hybridized carbons (Fsp3) is 0.261. The number of non-ortho nitro benzene ring substituents is 1. The Morgan fingerprint density at radius 3 is 2.47 bits per heavy atom. The van der Waals surface area contributed by atoms with Crippen molar-refractivity contribution in [1.29, 1.82) is 0 Å². The van der Waals surface area contributed by atoms with Crippen LogP contribution in [0.25, 0.3) is 0 Å². The Labute approximate surface area is 189 Å². The molecule has 1 aliphatic heterocycles. The first kappa shape index (κ1) is 21.7. The van der Waals surface area contributed by atoms with Gasteiger partial charge in [-0.3, -0.25) is 24.5 Å². The number of fused-ring (bicyclic) bond motifs is 1. The largest absolute Gasteiger partial charge is 0.273 e. The van der Waals surface area contributed by atoms with E-state index >= 15 is 0 Å². The quantitative estimate of drug-likeness (QED) is 0.295. The molecule has 2 aromatic rings. The lowest BCUT2D eigenvalue weighted by molar-refractivity contribution is -0.384. The first-order valence-corrected chi connectivity index (χ1v) is 10.5. The summed E-state index contributed by atoms with van der Waals surface area (Å²) in [6, 6.07) is 11.9. The number of carbonyl (C=O) groups excluding carboxylic acids is 3. The van der Waals surface area contributed by atoms with E-state index in [2.05, 4.69) is 0 Å². The van der Waals surface area contributed by atoms with E-state index in [9.17, 15) is 24.5 Å². The number of amides is 3.